The number of hydrogen-bond acceptors (Lipinski definition) is 3. The minimum atomic E-state index is -5.23. The topological polar surface area (TPSA) is 73.8 Å². The van der Waals surface area contributed by atoms with Crippen molar-refractivity contribution in [3.8, 4) is 0 Å². The number of piperidine rings is 1. The number of hydrogen-bond donors (Lipinski definition) is 2. The molecule has 0 aliphatic carbocycles. The van der Waals surface area contributed by atoms with Crippen LogP contribution in [0.2, 0.25) is 0 Å². The van der Waals surface area contributed by atoms with Crippen molar-refractivity contribution in [2.75, 3.05) is 26.2 Å². The van der Waals surface area contributed by atoms with Gasteiger partial charge in [0.2, 0.25) is 0 Å². The Balaban J connectivity index is 2.58. The Bertz CT molecular complexity index is 457. The molecule has 0 radical (unpaired) electrons. The average Bonchev–Trinajstić information content (AvgIpc) is 2.38. The van der Waals surface area contributed by atoms with Gasteiger partial charge in [-0.1, -0.05) is 0 Å². The van der Waals surface area contributed by atoms with Gasteiger partial charge in [-0.25, -0.2) is 8.42 Å². The van der Waals surface area contributed by atoms with E-state index in [1.54, 1.807) is 0 Å². The summed E-state index contributed by atoms with van der Waals surface area (Å²) in [6.07, 6.45) is 0.618. The quantitative estimate of drug-likeness (QED) is 0.593. The number of rotatable bonds is 4. The zero-order valence-corrected chi connectivity index (χ0v) is 12.9. The van der Waals surface area contributed by atoms with Crippen LogP contribution in [0.25, 0.3) is 0 Å². The molecule has 6 nitrogen and oxygen atoms in total. The van der Waals surface area contributed by atoms with Crippen LogP contribution in [0.15, 0.2) is 4.99 Å². The van der Waals surface area contributed by atoms with E-state index in [0.717, 1.165) is 0 Å². The van der Waals surface area contributed by atoms with Gasteiger partial charge in [0.1, 0.15) is 0 Å². The number of nitrogens with one attached hydrogen (secondary N) is 2. The molecule has 0 bridgehead atoms. The van der Waals surface area contributed by atoms with Gasteiger partial charge in [-0.3, -0.25) is 4.99 Å². The fourth-order valence-electron chi connectivity index (χ4n) is 2.06. The molecule has 0 aromatic carbocycles. The van der Waals surface area contributed by atoms with Gasteiger partial charge in [-0.05, 0) is 26.7 Å². The van der Waals surface area contributed by atoms with E-state index in [1.807, 2.05) is 13.8 Å². The Hall–Kier alpha value is -1.03. The fraction of sp³-hybridized carbons (Fsp3) is 0.909. The molecular weight excluding hydrogens is 309 g/mol. The summed E-state index contributed by atoms with van der Waals surface area (Å²) in [4.78, 5) is 4.20. The molecule has 0 unspecified atom stereocenters. The highest BCUT2D eigenvalue weighted by molar-refractivity contribution is 7.90. The average molecular weight is 330 g/mol. The maximum absolute atomic E-state index is 12.5. The molecule has 0 amide bonds. The van der Waals surface area contributed by atoms with Crippen molar-refractivity contribution < 1.29 is 21.6 Å². The summed E-state index contributed by atoms with van der Waals surface area (Å²) in [5, 5.41) is 6.13. The first-order valence-corrected chi connectivity index (χ1v) is 8.27. The van der Waals surface area contributed by atoms with E-state index in [4.69, 9.17) is 0 Å². The monoisotopic (exact) mass is 330 g/mol. The summed E-state index contributed by atoms with van der Waals surface area (Å²) in [7, 11) is -5.21. The van der Waals surface area contributed by atoms with Crippen molar-refractivity contribution in [1.29, 1.82) is 0 Å². The van der Waals surface area contributed by atoms with Gasteiger partial charge in [0, 0.05) is 32.2 Å². The lowest BCUT2D eigenvalue weighted by Gasteiger charge is -2.32. The predicted octanol–water partition coefficient (Wildman–Crippen LogP) is 0.875. The third kappa shape index (κ3) is 4.73. The molecule has 0 spiro atoms. The van der Waals surface area contributed by atoms with E-state index < -0.39 is 15.5 Å². The smallest absolute Gasteiger partial charge is 0.357 e. The van der Waals surface area contributed by atoms with E-state index in [1.165, 1.54) is 0 Å². The van der Waals surface area contributed by atoms with Gasteiger partial charge in [-0.2, -0.15) is 17.5 Å². The van der Waals surface area contributed by atoms with E-state index in [0.29, 0.717) is 36.2 Å². The van der Waals surface area contributed by atoms with Crippen LogP contribution in [0.1, 0.15) is 26.7 Å². The molecule has 0 saturated carbocycles. The van der Waals surface area contributed by atoms with Crippen LogP contribution in [0.4, 0.5) is 13.2 Å². The van der Waals surface area contributed by atoms with Crippen LogP contribution in [-0.2, 0) is 10.0 Å². The summed E-state index contributed by atoms with van der Waals surface area (Å²) in [5.74, 6) is 0.595. The Morgan fingerprint density at radius 2 is 1.86 bits per heavy atom. The third-order valence-electron chi connectivity index (χ3n) is 3.09. The molecule has 0 aromatic rings. The minimum absolute atomic E-state index is 0.0889. The highest BCUT2D eigenvalue weighted by atomic mass is 32.2. The summed E-state index contributed by atoms with van der Waals surface area (Å²) in [6, 6.07) is -0.0889. The number of halogens is 3. The number of aliphatic imine (C=N–C) groups is 1. The van der Waals surface area contributed by atoms with Crippen molar-refractivity contribution in [2.24, 2.45) is 4.99 Å². The molecular formula is C11H21F3N4O2S. The lowest BCUT2D eigenvalue weighted by Crippen LogP contribution is -2.51. The molecule has 21 heavy (non-hydrogen) atoms. The summed E-state index contributed by atoms with van der Waals surface area (Å²) < 4.78 is 60.4. The first-order valence-electron chi connectivity index (χ1n) is 6.83. The minimum Gasteiger partial charge on any atom is -0.357 e. The number of sulfonamides is 1. The number of guanidine groups is 1. The molecule has 1 heterocycles. The summed E-state index contributed by atoms with van der Waals surface area (Å²) >= 11 is 0. The summed E-state index contributed by atoms with van der Waals surface area (Å²) in [6.45, 7) is 4.74. The Kier molecular flexibility index (Phi) is 6.26. The highest BCUT2D eigenvalue weighted by Crippen LogP contribution is 2.28. The molecule has 1 fully saturated rings. The molecule has 1 aliphatic rings. The van der Waals surface area contributed by atoms with E-state index >= 15 is 0 Å². The molecule has 2 N–H and O–H groups in total. The molecule has 1 saturated heterocycles. The molecule has 124 valence electrons. The maximum atomic E-state index is 12.5. The Morgan fingerprint density at radius 3 is 2.29 bits per heavy atom. The lowest BCUT2D eigenvalue weighted by molar-refractivity contribution is -0.0494. The van der Waals surface area contributed by atoms with Crippen molar-refractivity contribution >= 4 is 16.0 Å². The normalized spacial score (nSPS) is 19.6. The van der Waals surface area contributed by atoms with Crippen LogP contribution in [0.3, 0.4) is 0 Å². The van der Waals surface area contributed by atoms with Gasteiger partial charge >= 0.3 is 15.5 Å². The Morgan fingerprint density at radius 1 is 1.29 bits per heavy atom. The highest BCUT2D eigenvalue weighted by Gasteiger charge is 2.50. The first-order chi connectivity index (χ1) is 9.72. The lowest BCUT2D eigenvalue weighted by atomic mass is 10.1. The van der Waals surface area contributed by atoms with Gasteiger partial charge in [0.25, 0.3) is 0 Å². The van der Waals surface area contributed by atoms with Crippen LogP contribution in [-0.4, -0.2) is 56.4 Å². The SMILES string of the molecule is CCN=C(NCC)NC1CCN(S(=O)(=O)C(F)(F)F)CC1. The van der Waals surface area contributed by atoms with E-state index in [9.17, 15) is 21.6 Å². The largest absolute Gasteiger partial charge is 0.511 e. The van der Waals surface area contributed by atoms with Crippen LogP contribution in [0, 0.1) is 0 Å². The molecule has 1 rings (SSSR count). The van der Waals surface area contributed by atoms with E-state index in [2.05, 4.69) is 15.6 Å². The first kappa shape index (κ1) is 18.0. The van der Waals surface area contributed by atoms with Gasteiger partial charge in [0.15, 0.2) is 5.96 Å². The standard InChI is InChI=1S/C11H21F3N4O2S/c1-3-15-10(16-4-2)17-9-5-7-18(8-6-9)21(19,20)11(12,13)14/h9H,3-8H2,1-2H3,(H2,15,16,17). The second-order valence-electron chi connectivity index (χ2n) is 4.62. The maximum Gasteiger partial charge on any atom is 0.511 e. The molecule has 10 heteroatoms. The van der Waals surface area contributed by atoms with Crippen molar-refractivity contribution in [3.05, 3.63) is 0 Å². The van der Waals surface area contributed by atoms with Crippen molar-refractivity contribution in [1.82, 2.24) is 14.9 Å². The van der Waals surface area contributed by atoms with Gasteiger partial charge in [-0.15, -0.1) is 0 Å². The van der Waals surface area contributed by atoms with Crippen LogP contribution < -0.4 is 10.6 Å². The fourth-order valence-corrected chi connectivity index (χ4v) is 3.04. The predicted molar refractivity (Wildman–Crippen MR) is 74.4 cm³/mol. The molecule has 1 aliphatic heterocycles. The van der Waals surface area contributed by atoms with E-state index in [-0.39, 0.29) is 19.1 Å². The third-order valence-corrected chi connectivity index (χ3v) is 4.72. The number of alkyl halides is 3. The van der Waals surface area contributed by atoms with Crippen molar-refractivity contribution in [2.45, 2.75) is 38.2 Å². The molecule has 0 atom stereocenters. The van der Waals surface area contributed by atoms with Crippen LogP contribution >= 0.6 is 0 Å². The second kappa shape index (κ2) is 7.30. The Labute approximate surface area is 122 Å². The second-order valence-corrected chi connectivity index (χ2v) is 6.55. The number of nitrogens with zero attached hydrogens (tertiary/aromatic N) is 2. The van der Waals surface area contributed by atoms with Gasteiger partial charge in [0.05, 0.1) is 0 Å². The van der Waals surface area contributed by atoms with Gasteiger partial charge < -0.3 is 10.6 Å². The summed E-state index contributed by atoms with van der Waals surface area (Å²) in [5.41, 5.74) is -5.23. The zero-order chi connectivity index (χ0) is 16.1. The van der Waals surface area contributed by atoms with Crippen molar-refractivity contribution in [3.63, 3.8) is 0 Å². The zero-order valence-electron chi connectivity index (χ0n) is 12.1. The molecule has 0 aromatic heterocycles. The van der Waals surface area contributed by atoms with Crippen LogP contribution in [0.5, 0.6) is 0 Å².